The average Bonchev–Trinajstić information content (AvgIpc) is 2.39. The summed E-state index contributed by atoms with van der Waals surface area (Å²) in [7, 11) is 0. The first-order valence-electron chi connectivity index (χ1n) is 7.37. The van der Waals surface area contributed by atoms with Gasteiger partial charge in [-0.15, -0.1) is 0 Å². The number of aliphatic hydroxyl groups is 2. The van der Waals surface area contributed by atoms with Crippen LogP contribution in [0, 0.1) is 0 Å². The Balaban J connectivity index is 3.03. The summed E-state index contributed by atoms with van der Waals surface area (Å²) >= 11 is 0. The molecule has 0 aliphatic carbocycles. The second kappa shape index (κ2) is 14.5. The fraction of sp³-hybridized carbons (Fsp3) is 0.750. The maximum Gasteiger partial charge on any atom is 0.0770 e. The third-order valence-corrected chi connectivity index (χ3v) is 3.14. The van der Waals surface area contributed by atoms with E-state index in [1.165, 1.54) is 51.4 Å². The molecule has 0 aromatic heterocycles. The molecule has 0 aliphatic heterocycles. The van der Waals surface area contributed by atoms with E-state index in [4.69, 9.17) is 10.2 Å². The van der Waals surface area contributed by atoms with E-state index in [1.54, 1.807) is 0 Å². The molecule has 0 bridgehead atoms. The van der Waals surface area contributed by atoms with E-state index in [1.807, 2.05) is 12.2 Å². The van der Waals surface area contributed by atoms with Gasteiger partial charge in [0.15, 0.2) is 0 Å². The van der Waals surface area contributed by atoms with Crippen LogP contribution in [0.4, 0.5) is 0 Å². The first-order chi connectivity index (χ1) is 8.81. The largest absolute Gasteiger partial charge is 0.394 e. The summed E-state index contributed by atoms with van der Waals surface area (Å²) in [6.07, 6.45) is 17.5. The molecule has 2 heteroatoms. The smallest absolute Gasteiger partial charge is 0.0770 e. The molecular weight excluding hydrogens is 224 g/mol. The highest BCUT2D eigenvalue weighted by Gasteiger charge is 2.00. The molecule has 0 rings (SSSR count). The Labute approximate surface area is 112 Å². The van der Waals surface area contributed by atoms with Gasteiger partial charge in [-0.3, -0.25) is 0 Å². The first-order valence-corrected chi connectivity index (χ1v) is 7.37. The molecule has 18 heavy (non-hydrogen) atoms. The molecular formula is C16H30O2. The molecule has 2 N–H and O–H groups in total. The summed E-state index contributed by atoms with van der Waals surface area (Å²) < 4.78 is 0. The molecule has 0 saturated heterocycles. The van der Waals surface area contributed by atoms with Crippen molar-refractivity contribution in [3.63, 3.8) is 0 Å². The van der Waals surface area contributed by atoms with Crippen molar-refractivity contribution in [2.24, 2.45) is 0 Å². The van der Waals surface area contributed by atoms with Gasteiger partial charge in [0.05, 0.1) is 12.7 Å². The van der Waals surface area contributed by atoms with E-state index in [0.29, 0.717) is 0 Å². The van der Waals surface area contributed by atoms with Gasteiger partial charge in [-0.05, 0) is 19.3 Å². The highest BCUT2D eigenvalue weighted by atomic mass is 16.3. The Morgan fingerprint density at radius 2 is 1.44 bits per heavy atom. The van der Waals surface area contributed by atoms with Gasteiger partial charge in [-0.2, -0.15) is 0 Å². The van der Waals surface area contributed by atoms with Crippen molar-refractivity contribution in [3.05, 3.63) is 24.8 Å². The lowest BCUT2D eigenvalue weighted by Crippen LogP contribution is -2.10. The van der Waals surface area contributed by atoms with Crippen LogP contribution in [0.3, 0.4) is 0 Å². The standard InChI is InChI=1S/C16H30O2/c1-2-3-4-5-6-7-8-9-10-11-12-13-14-16(18)15-17/h2-4,16-18H,1,5-15H2/b4-3+/t16-/m1/s1. The monoisotopic (exact) mass is 254 g/mol. The molecule has 0 radical (unpaired) electrons. The number of hydrogen-bond acceptors (Lipinski definition) is 2. The van der Waals surface area contributed by atoms with Crippen LogP contribution in [0.25, 0.3) is 0 Å². The molecule has 1 atom stereocenters. The lowest BCUT2D eigenvalue weighted by molar-refractivity contribution is 0.0860. The summed E-state index contributed by atoms with van der Waals surface area (Å²) in [5.74, 6) is 0. The maximum absolute atomic E-state index is 9.16. The third kappa shape index (κ3) is 13.5. The minimum absolute atomic E-state index is 0.0969. The minimum Gasteiger partial charge on any atom is -0.394 e. The molecule has 0 aliphatic rings. The van der Waals surface area contributed by atoms with Gasteiger partial charge in [0.25, 0.3) is 0 Å². The number of hydrogen-bond donors (Lipinski definition) is 2. The molecule has 0 fully saturated rings. The summed E-state index contributed by atoms with van der Waals surface area (Å²) in [4.78, 5) is 0. The molecule has 2 nitrogen and oxygen atoms in total. The van der Waals surface area contributed by atoms with E-state index in [2.05, 4.69) is 12.7 Å². The Morgan fingerprint density at radius 3 is 2.00 bits per heavy atom. The van der Waals surface area contributed by atoms with Gasteiger partial charge >= 0.3 is 0 Å². The molecule has 0 aromatic carbocycles. The predicted octanol–water partition coefficient (Wildman–Crippen LogP) is 3.98. The van der Waals surface area contributed by atoms with Crippen molar-refractivity contribution < 1.29 is 10.2 Å². The Bertz CT molecular complexity index is 199. The topological polar surface area (TPSA) is 40.5 Å². The van der Waals surface area contributed by atoms with E-state index in [0.717, 1.165) is 12.8 Å². The van der Waals surface area contributed by atoms with Crippen LogP contribution in [-0.4, -0.2) is 22.9 Å². The van der Waals surface area contributed by atoms with Crippen LogP contribution in [0.5, 0.6) is 0 Å². The highest BCUT2D eigenvalue weighted by Crippen LogP contribution is 2.11. The van der Waals surface area contributed by atoms with Gasteiger partial charge in [0.2, 0.25) is 0 Å². The maximum atomic E-state index is 9.16. The number of allylic oxidation sites excluding steroid dienone is 3. The van der Waals surface area contributed by atoms with Gasteiger partial charge in [0.1, 0.15) is 0 Å². The van der Waals surface area contributed by atoms with Crippen LogP contribution in [-0.2, 0) is 0 Å². The van der Waals surface area contributed by atoms with Crippen molar-refractivity contribution in [3.8, 4) is 0 Å². The molecule has 0 spiro atoms. The number of aliphatic hydroxyl groups excluding tert-OH is 2. The van der Waals surface area contributed by atoms with Crippen molar-refractivity contribution in [2.75, 3.05) is 6.61 Å². The SMILES string of the molecule is C=C/C=C/CCCCCCCCCC[C@@H](O)CO. The van der Waals surface area contributed by atoms with Gasteiger partial charge in [-0.1, -0.05) is 69.8 Å². The Morgan fingerprint density at radius 1 is 0.889 bits per heavy atom. The predicted molar refractivity (Wildman–Crippen MR) is 78.6 cm³/mol. The molecule has 0 heterocycles. The number of rotatable bonds is 13. The first kappa shape index (κ1) is 17.4. The summed E-state index contributed by atoms with van der Waals surface area (Å²) in [6.45, 7) is 3.55. The summed E-state index contributed by atoms with van der Waals surface area (Å²) in [5, 5.41) is 17.8. The van der Waals surface area contributed by atoms with Crippen molar-refractivity contribution in [1.29, 1.82) is 0 Å². The summed E-state index contributed by atoms with van der Waals surface area (Å²) in [5.41, 5.74) is 0. The second-order valence-electron chi connectivity index (χ2n) is 4.91. The van der Waals surface area contributed by atoms with E-state index in [9.17, 15) is 0 Å². The van der Waals surface area contributed by atoms with E-state index >= 15 is 0 Å². The van der Waals surface area contributed by atoms with Crippen molar-refractivity contribution in [2.45, 2.75) is 70.3 Å². The van der Waals surface area contributed by atoms with Gasteiger partial charge < -0.3 is 10.2 Å². The van der Waals surface area contributed by atoms with Crippen LogP contribution < -0.4 is 0 Å². The molecule has 0 aromatic rings. The van der Waals surface area contributed by atoms with E-state index < -0.39 is 6.10 Å². The zero-order chi connectivity index (χ0) is 13.5. The van der Waals surface area contributed by atoms with Gasteiger partial charge in [-0.25, -0.2) is 0 Å². The molecule has 0 amide bonds. The summed E-state index contributed by atoms with van der Waals surface area (Å²) in [6, 6.07) is 0. The highest BCUT2D eigenvalue weighted by molar-refractivity contribution is 4.96. The molecule has 106 valence electrons. The molecule has 0 saturated carbocycles. The normalized spacial score (nSPS) is 13.0. The Kier molecular flexibility index (Phi) is 14.0. The zero-order valence-corrected chi connectivity index (χ0v) is 11.7. The quantitative estimate of drug-likeness (QED) is 0.385. The Hall–Kier alpha value is -0.600. The fourth-order valence-electron chi connectivity index (χ4n) is 1.99. The average molecular weight is 254 g/mol. The van der Waals surface area contributed by atoms with Crippen LogP contribution >= 0.6 is 0 Å². The zero-order valence-electron chi connectivity index (χ0n) is 11.7. The van der Waals surface area contributed by atoms with Crippen molar-refractivity contribution >= 4 is 0 Å². The molecule has 0 unspecified atom stereocenters. The van der Waals surface area contributed by atoms with Gasteiger partial charge in [0, 0.05) is 0 Å². The lowest BCUT2D eigenvalue weighted by Gasteiger charge is -2.06. The third-order valence-electron chi connectivity index (χ3n) is 3.14. The minimum atomic E-state index is -0.506. The van der Waals surface area contributed by atoms with Crippen LogP contribution in [0.2, 0.25) is 0 Å². The fourth-order valence-corrected chi connectivity index (χ4v) is 1.99. The second-order valence-corrected chi connectivity index (χ2v) is 4.91. The number of unbranched alkanes of at least 4 members (excludes halogenated alkanes) is 8. The van der Waals surface area contributed by atoms with E-state index in [-0.39, 0.29) is 6.61 Å². The van der Waals surface area contributed by atoms with Crippen molar-refractivity contribution in [1.82, 2.24) is 0 Å². The van der Waals surface area contributed by atoms with Crippen LogP contribution in [0.1, 0.15) is 64.2 Å². The lowest BCUT2D eigenvalue weighted by atomic mass is 10.1. The van der Waals surface area contributed by atoms with Crippen LogP contribution in [0.15, 0.2) is 24.8 Å².